The van der Waals surface area contributed by atoms with Crippen molar-refractivity contribution < 1.29 is 4.79 Å². The molecule has 1 aliphatic carbocycles. The maximum Gasteiger partial charge on any atom is 0.240 e. The number of likely N-dealkylation sites (N-methyl/N-ethyl adjacent to an activating group) is 1. The molecule has 0 spiro atoms. The van der Waals surface area contributed by atoms with Gasteiger partial charge in [-0.05, 0) is 31.2 Å². The highest BCUT2D eigenvalue weighted by molar-refractivity contribution is 7.07. The fourth-order valence-corrected chi connectivity index (χ4v) is 3.88. The predicted molar refractivity (Wildman–Crippen MR) is 71.2 cm³/mol. The number of fused-ring (bicyclic) bond motifs is 1. The number of carbonyl (C=O) groups excluding carboxylic acids is 1. The molecule has 1 saturated carbocycles. The highest BCUT2D eigenvalue weighted by Crippen LogP contribution is 2.38. The van der Waals surface area contributed by atoms with Crippen LogP contribution in [0, 0.1) is 11.8 Å². The zero-order valence-electron chi connectivity index (χ0n) is 10.6. The summed E-state index contributed by atoms with van der Waals surface area (Å²) in [5.41, 5.74) is 2.80. The van der Waals surface area contributed by atoms with E-state index in [0.29, 0.717) is 12.5 Å². The number of thiazole rings is 1. The van der Waals surface area contributed by atoms with Crippen molar-refractivity contribution in [3.8, 4) is 0 Å². The minimum Gasteiger partial charge on any atom is -0.338 e. The minimum absolute atomic E-state index is 0.0427. The number of hydrogen-bond donors (Lipinski definition) is 1. The third-order valence-electron chi connectivity index (χ3n) is 4.27. The Morgan fingerprint density at radius 1 is 1.61 bits per heavy atom. The number of nitrogens with one attached hydrogen (secondary N) is 1. The highest BCUT2D eigenvalue weighted by atomic mass is 32.1. The molecule has 2 heterocycles. The van der Waals surface area contributed by atoms with Crippen LogP contribution in [0.15, 0.2) is 10.9 Å². The molecule has 1 amide bonds. The van der Waals surface area contributed by atoms with E-state index >= 15 is 0 Å². The molecule has 2 aliphatic rings. The monoisotopic (exact) mass is 265 g/mol. The van der Waals surface area contributed by atoms with Gasteiger partial charge in [-0.25, -0.2) is 4.98 Å². The van der Waals surface area contributed by atoms with Gasteiger partial charge in [-0.1, -0.05) is 6.42 Å². The van der Waals surface area contributed by atoms with E-state index in [1.165, 1.54) is 19.3 Å². The van der Waals surface area contributed by atoms with Crippen molar-refractivity contribution in [2.24, 2.45) is 11.8 Å². The van der Waals surface area contributed by atoms with E-state index < -0.39 is 0 Å². The number of carbonyl (C=O) groups is 1. The lowest BCUT2D eigenvalue weighted by Gasteiger charge is -2.24. The highest BCUT2D eigenvalue weighted by Gasteiger charge is 2.43. The van der Waals surface area contributed by atoms with Crippen LogP contribution in [0.1, 0.15) is 25.0 Å². The van der Waals surface area contributed by atoms with Gasteiger partial charge in [0.2, 0.25) is 5.91 Å². The molecule has 5 heteroatoms. The number of aromatic nitrogens is 1. The minimum atomic E-state index is 0.0427. The topological polar surface area (TPSA) is 45.2 Å². The molecule has 0 bridgehead atoms. The van der Waals surface area contributed by atoms with Crippen LogP contribution in [0.3, 0.4) is 0 Å². The van der Waals surface area contributed by atoms with Gasteiger partial charge < -0.3 is 10.2 Å². The fraction of sp³-hybridized carbons (Fsp3) is 0.692. The second-order valence-corrected chi connectivity index (χ2v) is 6.13. The van der Waals surface area contributed by atoms with Crippen LogP contribution in [-0.2, 0) is 11.3 Å². The predicted octanol–water partition coefficient (Wildman–Crippen LogP) is 1.49. The first-order valence-electron chi connectivity index (χ1n) is 6.61. The van der Waals surface area contributed by atoms with E-state index in [4.69, 9.17) is 0 Å². The van der Waals surface area contributed by atoms with Gasteiger partial charge in [-0.15, -0.1) is 11.3 Å². The average Bonchev–Trinajstić information content (AvgIpc) is 3.04. The summed E-state index contributed by atoms with van der Waals surface area (Å²) < 4.78 is 0. The summed E-state index contributed by atoms with van der Waals surface area (Å²) in [4.78, 5) is 18.5. The zero-order valence-corrected chi connectivity index (χ0v) is 11.4. The summed E-state index contributed by atoms with van der Waals surface area (Å²) in [6, 6.07) is 0.0427. The van der Waals surface area contributed by atoms with Gasteiger partial charge in [-0.3, -0.25) is 4.79 Å². The normalized spacial score (nSPS) is 30.4. The number of rotatable bonds is 3. The molecule has 98 valence electrons. The van der Waals surface area contributed by atoms with Crippen molar-refractivity contribution in [2.45, 2.75) is 31.8 Å². The molecule has 0 radical (unpaired) electrons. The lowest BCUT2D eigenvalue weighted by Crippen LogP contribution is -2.44. The summed E-state index contributed by atoms with van der Waals surface area (Å²) in [6.07, 6.45) is 3.78. The standard InChI is InChI=1S/C13H19N3OS/c1-16(6-10-7-18-8-15-10)13(17)12-11-4-2-3-9(11)5-14-12/h7-9,11-12,14H,2-6H2,1H3. The van der Waals surface area contributed by atoms with Gasteiger partial charge in [0.1, 0.15) is 0 Å². The van der Waals surface area contributed by atoms with E-state index in [1.54, 1.807) is 11.3 Å². The molecular formula is C13H19N3OS. The Balaban J connectivity index is 1.63. The molecular weight excluding hydrogens is 246 g/mol. The molecule has 1 saturated heterocycles. The molecule has 3 rings (SSSR count). The van der Waals surface area contributed by atoms with Gasteiger partial charge >= 0.3 is 0 Å². The number of nitrogens with zero attached hydrogens (tertiary/aromatic N) is 2. The average molecular weight is 265 g/mol. The van der Waals surface area contributed by atoms with Crippen molar-refractivity contribution in [3.05, 3.63) is 16.6 Å². The summed E-state index contributed by atoms with van der Waals surface area (Å²) in [7, 11) is 1.88. The molecule has 18 heavy (non-hydrogen) atoms. The smallest absolute Gasteiger partial charge is 0.240 e. The van der Waals surface area contributed by atoms with Gasteiger partial charge in [-0.2, -0.15) is 0 Å². The van der Waals surface area contributed by atoms with Crippen molar-refractivity contribution >= 4 is 17.2 Å². The van der Waals surface area contributed by atoms with Crippen LogP contribution < -0.4 is 5.32 Å². The van der Waals surface area contributed by atoms with Crippen molar-refractivity contribution in [1.82, 2.24) is 15.2 Å². The van der Waals surface area contributed by atoms with Crippen LogP contribution in [-0.4, -0.2) is 35.4 Å². The second-order valence-electron chi connectivity index (χ2n) is 5.41. The van der Waals surface area contributed by atoms with E-state index in [9.17, 15) is 4.79 Å². The summed E-state index contributed by atoms with van der Waals surface area (Å²) >= 11 is 1.58. The largest absolute Gasteiger partial charge is 0.338 e. The van der Waals surface area contributed by atoms with Crippen LogP contribution in [0.25, 0.3) is 0 Å². The fourth-order valence-electron chi connectivity index (χ4n) is 3.33. The molecule has 1 aliphatic heterocycles. The van der Waals surface area contributed by atoms with Crippen LogP contribution in [0.5, 0.6) is 0 Å². The molecule has 1 aromatic heterocycles. The van der Waals surface area contributed by atoms with Crippen LogP contribution >= 0.6 is 11.3 Å². The first kappa shape index (κ1) is 12.1. The van der Waals surface area contributed by atoms with E-state index in [2.05, 4.69) is 10.3 Å². The first-order chi connectivity index (χ1) is 8.75. The van der Waals surface area contributed by atoms with E-state index in [0.717, 1.165) is 18.2 Å². The Morgan fingerprint density at radius 3 is 3.28 bits per heavy atom. The molecule has 2 fully saturated rings. The van der Waals surface area contributed by atoms with E-state index in [-0.39, 0.29) is 11.9 Å². The molecule has 3 unspecified atom stereocenters. The van der Waals surface area contributed by atoms with Crippen molar-refractivity contribution in [1.29, 1.82) is 0 Å². The lowest BCUT2D eigenvalue weighted by atomic mass is 9.93. The van der Waals surface area contributed by atoms with Gasteiger partial charge in [0.15, 0.2) is 0 Å². The van der Waals surface area contributed by atoms with Crippen molar-refractivity contribution in [2.75, 3.05) is 13.6 Å². The molecule has 3 atom stereocenters. The van der Waals surface area contributed by atoms with Gasteiger partial charge in [0.05, 0.1) is 23.8 Å². The quantitative estimate of drug-likeness (QED) is 0.900. The first-order valence-corrected chi connectivity index (χ1v) is 7.55. The third kappa shape index (κ3) is 2.17. The summed E-state index contributed by atoms with van der Waals surface area (Å²) in [5.74, 6) is 1.53. The summed E-state index contributed by atoms with van der Waals surface area (Å²) in [6.45, 7) is 1.64. The van der Waals surface area contributed by atoms with Crippen molar-refractivity contribution in [3.63, 3.8) is 0 Å². The molecule has 0 aromatic carbocycles. The Bertz CT molecular complexity index is 420. The van der Waals surface area contributed by atoms with Crippen LogP contribution in [0.4, 0.5) is 0 Å². The van der Waals surface area contributed by atoms with Crippen LogP contribution in [0.2, 0.25) is 0 Å². The van der Waals surface area contributed by atoms with E-state index in [1.807, 2.05) is 22.8 Å². The maximum atomic E-state index is 12.5. The Labute approximate surface area is 111 Å². The second kappa shape index (κ2) is 4.97. The molecule has 1 N–H and O–H groups in total. The van der Waals surface area contributed by atoms with Gasteiger partial charge in [0.25, 0.3) is 0 Å². The zero-order chi connectivity index (χ0) is 12.5. The number of amides is 1. The Morgan fingerprint density at radius 2 is 2.50 bits per heavy atom. The van der Waals surface area contributed by atoms with Gasteiger partial charge in [0, 0.05) is 12.4 Å². The molecule has 4 nitrogen and oxygen atoms in total. The lowest BCUT2D eigenvalue weighted by molar-refractivity contribution is -0.133. The Hall–Kier alpha value is -0.940. The Kier molecular flexibility index (Phi) is 3.35. The SMILES string of the molecule is CN(Cc1cscn1)C(=O)C1NCC2CCCC21. The summed E-state index contributed by atoms with van der Waals surface area (Å²) in [5, 5.41) is 5.41. The molecule has 1 aromatic rings. The number of hydrogen-bond acceptors (Lipinski definition) is 4. The third-order valence-corrected chi connectivity index (χ3v) is 4.91. The maximum absolute atomic E-state index is 12.5.